The molecule has 0 aliphatic carbocycles. The third kappa shape index (κ3) is 4.19. The topological polar surface area (TPSA) is 49.8 Å². The zero-order valence-corrected chi connectivity index (χ0v) is 21.8. The van der Waals surface area contributed by atoms with Gasteiger partial charge in [0, 0.05) is 29.3 Å². The first kappa shape index (κ1) is 24.1. The van der Waals surface area contributed by atoms with E-state index in [-0.39, 0.29) is 5.30 Å². The maximum absolute atomic E-state index is 12.4. The lowest BCUT2D eigenvalue weighted by molar-refractivity contribution is 0.328. The molecule has 0 amide bonds. The fraction of sp³-hybridized carbons (Fsp3) is 0.0303. The third-order valence-corrected chi connectivity index (χ3v) is 8.33. The average molecular weight is 516 g/mol. The molecular formula is C33H26NO3P. The van der Waals surface area contributed by atoms with Crippen LogP contribution in [0.2, 0.25) is 0 Å². The van der Waals surface area contributed by atoms with Crippen LogP contribution in [0.1, 0.15) is 0 Å². The second-order valence-corrected chi connectivity index (χ2v) is 11.0. The lowest BCUT2D eigenvalue weighted by Gasteiger charge is -2.29. The van der Waals surface area contributed by atoms with Gasteiger partial charge in [-0.05, 0) is 58.3 Å². The van der Waals surface area contributed by atoms with Crippen LogP contribution in [0.4, 0.5) is 17.1 Å². The first-order valence-electron chi connectivity index (χ1n) is 12.4. The van der Waals surface area contributed by atoms with Gasteiger partial charge < -0.3 is 14.3 Å². The van der Waals surface area contributed by atoms with Crippen LogP contribution in [0.15, 0.2) is 133 Å². The van der Waals surface area contributed by atoms with Crippen molar-refractivity contribution in [1.82, 2.24) is 0 Å². The van der Waals surface area contributed by atoms with E-state index in [1.165, 1.54) is 18.2 Å². The summed E-state index contributed by atoms with van der Waals surface area (Å²) in [5, 5.41) is 4.80. The highest BCUT2D eigenvalue weighted by Crippen LogP contribution is 2.48. The van der Waals surface area contributed by atoms with Gasteiger partial charge in [-0.15, -0.1) is 0 Å². The van der Waals surface area contributed by atoms with Crippen molar-refractivity contribution >= 4 is 51.5 Å². The van der Waals surface area contributed by atoms with Gasteiger partial charge in [0.25, 0.3) is 0 Å². The van der Waals surface area contributed by atoms with Crippen LogP contribution in [-0.4, -0.2) is 12.0 Å². The second-order valence-electron chi connectivity index (χ2n) is 9.07. The Bertz CT molecular complexity index is 1730. The Labute approximate surface area is 221 Å². The number of anilines is 3. The highest BCUT2D eigenvalue weighted by molar-refractivity contribution is 7.61. The molecular weight excluding hydrogens is 489 g/mol. The van der Waals surface area contributed by atoms with Crippen molar-refractivity contribution < 1.29 is 14.0 Å². The molecule has 6 aromatic rings. The fourth-order valence-electron chi connectivity index (χ4n) is 5.14. The molecule has 1 unspecified atom stereocenters. The van der Waals surface area contributed by atoms with Crippen molar-refractivity contribution in [1.29, 1.82) is 0 Å². The molecule has 4 nitrogen and oxygen atoms in total. The first-order valence-corrected chi connectivity index (χ1v) is 14.0. The Hall–Kier alpha value is -4.21. The summed E-state index contributed by atoms with van der Waals surface area (Å²) >= 11 is 0. The van der Waals surface area contributed by atoms with Crippen molar-refractivity contribution in [3.63, 3.8) is 0 Å². The summed E-state index contributed by atoms with van der Waals surface area (Å²) in [6.07, 6.45) is 0. The van der Waals surface area contributed by atoms with Gasteiger partial charge in [0.05, 0.1) is 11.0 Å². The van der Waals surface area contributed by atoms with Gasteiger partial charge >= 0.3 is 7.60 Å². The van der Waals surface area contributed by atoms with Crippen molar-refractivity contribution in [2.24, 2.45) is 0 Å². The van der Waals surface area contributed by atoms with E-state index in [9.17, 15) is 9.46 Å². The summed E-state index contributed by atoms with van der Waals surface area (Å²) in [4.78, 5) is 12.4. The third-order valence-electron chi connectivity index (χ3n) is 6.89. The minimum Gasteiger partial charge on any atom is -0.321 e. The Kier molecular flexibility index (Phi) is 6.30. The summed E-state index contributed by atoms with van der Waals surface area (Å²) in [7, 11) is -2.61. The van der Waals surface area contributed by atoms with Crippen LogP contribution in [0.5, 0.6) is 0 Å². The molecule has 0 saturated carbocycles. The van der Waals surface area contributed by atoms with Gasteiger partial charge in [-0.2, -0.15) is 0 Å². The quantitative estimate of drug-likeness (QED) is 0.178. The van der Waals surface area contributed by atoms with Crippen LogP contribution in [0.3, 0.4) is 0 Å². The maximum Gasteiger partial charge on any atom is 0.358 e. The zero-order valence-electron chi connectivity index (χ0n) is 20.9. The van der Waals surface area contributed by atoms with Crippen LogP contribution in [0.25, 0.3) is 32.7 Å². The molecule has 6 rings (SSSR count). The van der Waals surface area contributed by atoms with Crippen molar-refractivity contribution in [2.45, 2.75) is 0 Å². The van der Waals surface area contributed by atoms with Gasteiger partial charge in [0.2, 0.25) is 0 Å². The van der Waals surface area contributed by atoms with Crippen molar-refractivity contribution in [2.75, 3.05) is 12.0 Å². The molecule has 186 valence electrons. The number of para-hydroxylation sites is 1. The van der Waals surface area contributed by atoms with E-state index in [0.717, 1.165) is 38.6 Å². The summed E-state index contributed by atoms with van der Waals surface area (Å²) < 4.78 is 17.3. The predicted octanol–water partition coefficient (Wildman–Crippen LogP) is 8.59. The molecule has 0 radical (unpaired) electrons. The average Bonchev–Trinajstić information content (AvgIpc) is 2.98. The van der Waals surface area contributed by atoms with Gasteiger partial charge in [-0.1, -0.05) is 97.1 Å². The van der Waals surface area contributed by atoms with E-state index in [1.807, 2.05) is 36.4 Å². The molecule has 0 spiro atoms. The van der Waals surface area contributed by atoms with Crippen molar-refractivity contribution in [3.8, 4) is 11.1 Å². The van der Waals surface area contributed by atoms with E-state index < -0.39 is 7.60 Å². The molecule has 6 aromatic carbocycles. The second kappa shape index (κ2) is 9.92. The Morgan fingerprint density at radius 3 is 1.55 bits per heavy atom. The van der Waals surface area contributed by atoms with E-state index in [4.69, 9.17) is 4.52 Å². The standard InChI is InChI=1S/C33H26NO3P/c1-37-38(35,36)27-22-20-26(21-23-27)34(25-14-6-3-7-15-25)33-30-18-10-8-16-28(30)32(24-12-4-2-5-13-24)29-17-9-11-19-31(29)33/h2-23H,1H3,(H,35,36). The van der Waals surface area contributed by atoms with Crippen LogP contribution < -0.4 is 10.2 Å². The predicted molar refractivity (Wildman–Crippen MR) is 158 cm³/mol. The summed E-state index contributed by atoms with van der Waals surface area (Å²) in [6, 6.07) is 44.8. The molecule has 0 aromatic heterocycles. The number of hydrogen-bond donors (Lipinski definition) is 1. The fourth-order valence-corrected chi connectivity index (χ4v) is 5.88. The summed E-state index contributed by atoms with van der Waals surface area (Å²) in [5.41, 5.74) is 5.28. The van der Waals surface area contributed by atoms with Gasteiger partial charge in [-0.3, -0.25) is 4.57 Å². The number of hydrogen-bond acceptors (Lipinski definition) is 3. The molecule has 38 heavy (non-hydrogen) atoms. The van der Waals surface area contributed by atoms with Gasteiger partial charge in [-0.25, -0.2) is 0 Å². The Morgan fingerprint density at radius 1 is 0.579 bits per heavy atom. The van der Waals surface area contributed by atoms with Crippen LogP contribution in [-0.2, 0) is 9.09 Å². The number of benzene rings is 6. The largest absolute Gasteiger partial charge is 0.358 e. The first-order chi connectivity index (χ1) is 18.6. The SMILES string of the molecule is COP(=O)(O)c1ccc(N(c2ccccc2)c2c3ccccc3c(-c3ccccc3)c3ccccc23)cc1. The van der Waals surface area contributed by atoms with Gasteiger partial charge in [0.15, 0.2) is 0 Å². The minimum absolute atomic E-state index is 0.255. The normalized spacial score (nSPS) is 12.9. The molecule has 5 heteroatoms. The number of fused-ring (bicyclic) bond motifs is 2. The summed E-state index contributed by atoms with van der Waals surface area (Å²) in [5.74, 6) is 0. The Balaban J connectivity index is 1.70. The molecule has 0 aliphatic rings. The molecule has 0 saturated heterocycles. The molecule has 0 aliphatic heterocycles. The number of rotatable bonds is 6. The summed E-state index contributed by atoms with van der Waals surface area (Å²) in [6.45, 7) is 0. The van der Waals surface area contributed by atoms with Crippen LogP contribution in [0, 0.1) is 0 Å². The smallest absolute Gasteiger partial charge is 0.321 e. The van der Waals surface area contributed by atoms with Crippen LogP contribution >= 0.6 is 7.60 Å². The lowest BCUT2D eigenvalue weighted by Crippen LogP contribution is -2.13. The molecule has 0 bridgehead atoms. The van der Waals surface area contributed by atoms with E-state index in [0.29, 0.717) is 0 Å². The Morgan fingerprint density at radius 2 is 1.03 bits per heavy atom. The van der Waals surface area contributed by atoms with Crippen molar-refractivity contribution in [3.05, 3.63) is 133 Å². The highest BCUT2D eigenvalue weighted by Gasteiger charge is 2.24. The number of nitrogens with zero attached hydrogens (tertiary/aromatic N) is 1. The highest BCUT2D eigenvalue weighted by atomic mass is 31.2. The lowest BCUT2D eigenvalue weighted by atomic mass is 9.90. The zero-order chi connectivity index (χ0) is 26.1. The monoisotopic (exact) mass is 515 g/mol. The molecule has 0 fully saturated rings. The molecule has 1 atom stereocenters. The molecule has 0 heterocycles. The van der Waals surface area contributed by atoms with Gasteiger partial charge in [0.1, 0.15) is 0 Å². The maximum atomic E-state index is 12.4. The van der Waals surface area contributed by atoms with E-state index >= 15 is 0 Å². The van der Waals surface area contributed by atoms with E-state index in [2.05, 4.69) is 89.8 Å². The van der Waals surface area contributed by atoms with E-state index in [1.54, 1.807) is 12.1 Å². The minimum atomic E-state index is -3.86. The molecule has 1 N–H and O–H groups in total.